The molecule has 0 radical (unpaired) electrons. The number of piperidine rings is 1. The highest BCUT2D eigenvalue weighted by Crippen LogP contribution is 2.29. The molecule has 1 heterocycles. The van der Waals surface area contributed by atoms with Crippen LogP contribution in [0.25, 0.3) is 0 Å². The first-order valence-corrected chi connectivity index (χ1v) is 8.90. The molecule has 0 atom stereocenters. The lowest BCUT2D eigenvalue weighted by Gasteiger charge is -2.33. The summed E-state index contributed by atoms with van der Waals surface area (Å²) in [5, 5.41) is 13.7. The number of amides is 1. The van der Waals surface area contributed by atoms with E-state index in [4.69, 9.17) is 11.6 Å². The zero-order valence-electron chi connectivity index (χ0n) is 14.4. The number of carbonyl (C=O) groups excluding carboxylic acids is 2. The molecule has 0 aromatic heterocycles. The van der Waals surface area contributed by atoms with E-state index in [9.17, 15) is 19.7 Å². The van der Waals surface area contributed by atoms with Crippen molar-refractivity contribution in [2.45, 2.75) is 12.8 Å². The molecule has 1 aliphatic heterocycles. The number of nitro benzene ring substituents is 1. The third-order valence-electron chi connectivity index (χ3n) is 4.68. The second-order valence-corrected chi connectivity index (χ2v) is 6.79. The Hall–Kier alpha value is -2.93. The van der Waals surface area contributed by atoms with Crippen LogP contribution in [0, 0.1) is 16.0 Å². The number of non-ortho nitro benzene ring substituents is 1. The molecule has 0 spiro atoms. The first-order valence-electron chi connectivity index (χ1n) is 8.53. The summed E-state index contributed by atoms with van der Waals surface area (Å²) in [6.45, 7) is 1.46. The number of rotatable bonds is 5. The number of nitro groups is 1. The molecule has 1 fully saturated rings. The molecule has 0 bridgehead atoms. The average molecular weight is 388 g/mol. The number of carbonyl (C=O) groups is 2. The number of halogens is 1. The van der Waals surface area contributed by atoms with Gasteiger partial charge in [-0.05, 0) is 43.2 Å². The first-order chi connectivity index (χ1) is 13.0. The smallest absolute Gasteiger partial charge is 0.271 e. The number of hydrogen-bond donors (Lipinski definition) is 1. The van der Waals surface area contributed by atoms with Crippen LogP contribution in [0.15, 0.2) is 42.5 Å². The van der Waals surface area contributed by atoms with E-state index in [1.807, 2.05) is 12.1 Å². The SMILES string of the molecule is O=Cc1ccc(N2CCC(C(=O)Nc3ccc([N+](=O)[O-])cc3Cl)CC2)cc1. The minimum atomic E-state index is -0.533. The van der Waals surface area contributed by atoms with Crippen molar-refractivity contribution in [1.29, 1.82) is 0 Å². The molecule has 140 valence electrons. The zero-order chi connectivity index (χ0) is 19.4. The fraction of sp³-hybridized carbons (Fsp3) is 0.263. The van der Waals surface area contributed by atoms with E-state index in [-0.39, 0.29) is 22.5 Å². The van der Waals surface area contributed by atoms with Crippen LogP contribution in [0.5, 0.6) is 0 Å². The Labute approximate surface area is 161 Å². The molecular weight excluding hydrogens is 370 g/mol. The lowest BCUT2D eigenvalue weighted by atomic mass is 9.95. The molecule has 3 rings (SSSR count). The van der Waals surface area contributed by atoms with Crippen LogP contribution in [-0.4, -0.2) is 30.2 Å². The molecule has 0 unspecified atom stereocenters. The maximum atomic E-state index is 12.5. The van der Waals surface area contributed by atoms with Crippen LogP contribution in [0.3, 0.4) is 0 Å². The highest BCUT2D eigenvalue weighted by molar-refractivity contribution is 6.34. The Morgan fingerprint density at radius 3 is 2.41 bits per heavy atom. The molecule has 1 saturated heterocycles. The molecular formula is C19H18ClN3O4. The van der Waals surface area contributed by atoms with Gasteiger partial charge in [0.1, 0.15) is 6.29 Å². The molecule has 7 nitrogen and oxygen atoms in total. The quantitative estimate of drug-likeness (QED) is 0.477. The summed E-state index contributed by atoms with van der Waals surface area (Å²) in [6, 6.07) is 11.3. The maximum absolute atomic E-state index is 12.5. The summed E-state index contributed by atoms with van der Waals surface area (Å²) in [7, 11) is 0. The van der Waals surface area contributed by atoms with Gasteiger partial charge in [-0.1, -0.05) is 11.6 Å². The number of hydrogen-bond acceptors (Lipinski definition) is 5. The van der Waals surface area contributed by atoms with Crippen molar-refractivity contribution in [2.24, 2.45) is 5.92 Å². The fourth-order valence-corrected chi connectivity index (χ4v) is 3.34. The third-order valence-corrected chi connectivity index (χ3v) is 4.99. The van der Waals surface area contributed by atoms with E-state index in [0.717, 1.165) is 25.1 Å². The van der Waals surface area contributed by atoms with E-state index in [0.29, 0.717) is 24.1 Å². The van der Waals surface area contributed by atoms with E-state index >= 15 is 0 Å². The van der Waals surface area contributed by atoms with Crippen LogP contribution < -0.4 is 10.2 Å². The molecule has 8 heteroatoms. The Kier molecular flexibility index (Phi) is 5.71. The largest absolute Gasteiger partial charge is 0.371 e. The molecule has 1 N–H and O–H groups in total. The predicted octanol–water partition coefficient (Wildman–Crippen LogP) is 3.92. The van der Waals surface area contributed by atoms with Crippen molar-refractivity contribution in [1.82, 2.24) is 0 Å². The lowest BCUT2D eigenvalue weighted by Crippen LogP contribution is -2.38. The van der Waals surface area contributed by atoms with Gasteiger partial charge >= 0.3 is 0 Å². The van der Waals surface area contributed by atoms with Gasteiger partial charge in [-0.25, -0.2) is 0 Å². The standard InChI is InChI=1S/C19H18ClN3O4/c20-17-11-16(23(26)27)5-6-18(17)21-19(25)14-7-9-22(10-8-14)15-3-1-13(12-24)2-4-15/h1-6,11-12,14H,7-10H2,(H,21,25). The van der Waals surface area contributed by atoms with E-state index in [1.54, 1.807) is 12.1 Å². The van der Waals surface area contributed by atoms with Gasteiger partial charge in [-0.15, -0.1) is 0 Å². The molecule has 0 aliphatic carbocycles. The number of aldehydes is 1. The zero-order valence-corrected chi connectivity index (χ0v) is 15.2. The maximum Gasteiger partial charge on any atom is 0.271 e. The van der Waals surface area contributed by atoms with Crippen LogP contribution >= 0.6 is 11.6 Å². The van der Waals surface area contributed by atoms with Crippen LogP contribution in [0.4, 0.5) is 17.1 Å². The monoisotopic (exact) mass is 387 g/mol. The molecule has 1 amide bonds. The van der Waals surface area contributed by atoms with Crippen molar-refractivity contribution in [3.05, 3.63) is 63.2 Å². The van der Waals surface area contributed by atoms with Crippen molar-refractivity contribution in [3.8, 4) is 0 Å². The first kappa shape index (κ1) is 18.8. The molecule has 1 aliphatic rings. The summed E-state index contributed by atoms with van der Waals surface area (Å²) >= 11 is 6.03. The summed E-state index contributed by atoms with van der Waals surface area (Å²) in [4.78, 5) is 35.6. The average Bonchev–Trinajstić information content (AvgIpc) is 2.69. The highest BCUT2D eigenvalue weighted by atomic mass is 35.5. The van der Waals surface area contributed by atoms with Gasteiger partial charge in [-0.3, -0.25) is 19.7 Å². The van der Waals surface area contributed by atoms with Crippen molar-refractivity contribution >= 4 is 40.9 Å². The minimum absolute atomic E-state index is 0.119. The number of benzene rings is 2. The summed E-state index contributed by atoms with van der Waals surface area (Å²) in [5.41, 5.74) is 1.91. The van der Waals surface area contributed by atoms with Gasteiger partial charge in [0.2, 0.25) is 5.91 Å². The number of nitrogens with zero attached hydrogens (tertiary/aromatic N) is 2. The van der Waals surface area contributed by atoms with Gasteiger partial charge in [-0.2, -0.15) is 0 Å². The number of nitrogens with one attached hydrogen (secondary N) is 1. The van der Waals surface area contributed by atoms with Crippen LogP contribution in [-0.2, 0) is 4.79 Å². The van der Waals surface area contributed by atoms with Gasteiger partial charge in [0.05, 0.1) is 15.6 Å². The summed E-state index contributed by atoms with van der Waals surface area (Å²) < 4.78 is 0. The van der Waals surface area contributed by atoms with Crippen LogP contribution in [0.1, 0.15) is 23.2 Å². The van der Waals surface area contributed by atoms with Crippen molar-refractivity contribution < 1.29 is 14.5 Å². The van der Waals surface area contributed by atoms with Crippen molar-refractivity contribution in [2.75, 3.05) is 23.3 Å². The minimum Gasteiger partial charge on any atom is -0.371 e. The molecule has 27 heavy (non-hydrogen) atoms. The second-order valence-electron chi connectivity index (χ2n) is 6.38. The summed E-state index contributed by atoms with van der Waals surface area (Å²) in [5.74, 6) is -0.288. The van der Waals surface area contributed by atoms with E-state index in [2.05, 4.69) is 10.2 Å². The Bertz CT molecular complexity index is 862. The van der Waals surface area contributed by atoms with E-state index < -0.39 is 4.92 Å². The van der Waals surface area contributed by atoms with Gasteiger partial charge in [0.25, 0.3) is 5.69 Å². The lowest BCUT2D eigenvalue weighted by molar-refractivity contribution is -0.384. The highest BCUT2D eigenvalue weighted by Gasteiger charge is 2.26. The van der Waals surface area contributed by atoms with E-state index in [1.165, 1.54) is 18.2 Å². The predicted molar refractivity (Wildman–Crippen MR) is 104 cm³/mol. The fourth-order valence-electron chi connectivity index (χ4n) is 3.12. The molecule has 2 aromatic carbocycles. The van der Waals surface area contributed by atoms with Crippen molar-refractivity contribution in [3.63, 3.8) is 0 Å². The third kappa shape index (κ3) is 4.43. The molecule has 2 aromatic rings. The Balaban J connectivity index is 1.58. The molecule has 0 saturated carbocycles. The second kappa shape index (κ2) is 8.18. The Morgan fingerprint density at radius 1 is 1.19 bits per heavy atom. The van der Waals surface area contributed by atoms with Gasteiger partial charge in [0, 0.05) is 42.4 Å². The van der Waals surface area contributed by atoms with Crippen LogP contribution in [0.2, 0.25) is 5.02 Å². The number of anilines is 2. The normalized spacial score (nSPS) is 14.6. The van der Waals surface area contributed by atoms with Gasteiger partial charge in [0.15, 0.2) is 0 Å². The topological polar surface area (TPSA) is 92.6 Å². The Morgan fingerprint density at radius 2 is 1.85 bits per heavy atom. The van der Waals surface area contributed by atoms with Gasteiger partial charge < -0.3 is 10.2 Å². The summed E-state index contributed by atoms with van der Waals surface area (Å²) in [6.07, 6.45) is 2.18.